The van der Waals surface area contributed by atoms with Crippen LogP contribution in [0.3, 0.4) is 0 Å². The minimum atomic E-state index is -0.492. The molecule has 0 amide bonds. The van der Waals surface area contributed by atoms with E-state index in [1.165, 1.54) is 10.6 Å². The highest BCUT2D eigenvalue weighted by atomic mass is 19.1. The third-order valence-corrected chi connectivity index (χ3v) is 5.29. The summed E-state index contributed by atoms with van der Waals surface area (Å²) in [4.78, 5) is 28.2. The first-order valence-corrected chi connectivity index (χ1v) is 8.94. The van der Waals surface area contributed by atoms with Gasteiger partial charge in [-0.1, -0.05) is 31.4 Å². The Morgan fingerprint density at radius 3 is 2.60 bits per heavy atom. The molecular formula is C19H21FN2O3. The van der Waals surface area contributed by atoms with Crippen molar-refractivity contribution in [2.24, 2.45) is 0 Å². The first-order chi connectivity index (χ1) is 12.1. The predicted octanol–water partition coefficient (Wildman–Crippen LogP) is 3.25. The number of para-hydroxylation sites is 1. The van der Waals surface area contributed by atoms with E-state index in [-0.39, 0.29) is 23.0 Å². The van der Waals surface area contributed by atoms with Crippen LogP contribution in [0.25, 0.3) is 0 Å². The van der Waals surface area contributed by atoms with Gasteiger partial charge in [-0.15, -0.1) is 0 Å². The molecule has 4 rings (SSSR count). The van der Waals surface area contributed by atoms with E-state index >= 15 is 0 Å². The Kier molecular flexibility index (Phi) is 4.19. The van der Waals surface area contributed by atoms with Crippen molar-refractivity contribution in [2.45, 2.75) is 57.1 Å². The molecule has 1 N–H and O–H groups in total. The second kappa shape index (κ2) is 6.50. The molecule has 2 aromatic rings. The van der Waals surface area contributed by atoms with E-state index in [0.717, 1.165) is 32.1 Å². The molecular weight excluding hydrogens is 323 g/mol. The second-order valence-electron chi connectivity index (χ2n) is 6.86. The molecule has 0 radical (unpaired) electrons. The zero-order valence-corrected chi connectivity index (χ0v) is 14.0. The van der Waals surface area contributed by atoms with Crippen molar-refractivity contribution in [1.82, 2.24) is 9.55 Å². The van der Waals surface area contributed by atoms with Crippen molar-refractivity contribution in [1.29, 1.82) is 0 Å². The number of H-pyrrole nitrogens is 1. The van der Waals surface area contributed by atoms with Gasteiger partial charge in [0.05, 0.1) is 5.69 Å². The quantitative estimate of drug-likeness (QED) is 0.930. The van der Waals surface area contributed by atoms with E-state index in [4.69, 9.17) is 4.74 Å². The van der Waals surface area contributed by atoms with Gasteiger partial charge in [-0.3, -0.25) is 9.36 Å². The summed E-state index contributed by atoms with van der Waals surface area (Å²) < 4.78 is 20.9. The Morgan fingerprint density at radius 1 is 1.08 bits per heavy atom. The summed E-state index contributed by atoms with van der Waals surface area (Å²) in [5.41, 5.74) is 0.529. The molecule has 1 unspecified atom stereocenters. The Bertz CT molecular complexity index is 896. The number of aromatic nitrogens is 2. The van der Waals surface area contributed by atoms with Gasteiger partial charge in [0.15, 0.2) is 11.6 Å². The number of rotatable bonds is 3. The lowest BCUT2D eigenvalue weighted by molar-refractivity contribution is 0.193. The number of fused-ring (bicyclic) bond motifs is 1. The van der Waals surface area contributed by atoms with Crippen LogP contribution in [0.15, 0.2) is 33.9 Å². The molecule has 5 nitrogen and oxygen atoms in total. The van der Waals surface area contributed by atoms with Gasteiger partial charge >= 0.3 is 5.69 Å². The first kappa shape index (κ1) is 16.1. The monoisotopic (exact) mass is 344 g/mol. The minimum Gasteiger partial charge on any atom is -0.481 e. The molecule has 1 saturated carbocycles. The van der Waals surface area contributed by atoms with Gasteiger partial charge in [-0.05, 0) is 37.8 Å². The summed E-state index contributed by atoms with van der Waals surface area (Å²) in [7, 11) is 0. The molecule has 1 aromatic heterocycles. The van der Waals surface area contributed by atoms with Gasteiger partial charge in [0.1, 0.15) is 6.10 Å². The van der Waals surface area contributed by atoms with Crippen molar-refractivity contribution < 1.29 is 9.13 Å². The lowest BCUT2D eigenvalue weighted by Gasteiger charge is -2.23. The van der Waals surface area contributed by atoms with Crippen LogP contribution < -0.4 is 16.0 Å². The molecule has 2 aliphatic rings. The largest absolute Gasteiger partial charge is 0.481 e. The van der Waals surface area contributed by atoms with E-state index in [9.17, 15) is 14.0 Å². The fourth-order valence-electron chi connectivity index (χ4n) is 4.02. The maximum atomic E-state index is 13.8. The molecule has 0 bridgehead atoms. The van der Waals surface area contributed by atoms with Crippen LogP contribution in [0.1, 0.15) is 61.9 Å². The zero-order chi connectivity index (χ0) is 17.4. The third kappa shape index (κ3) is 2.90. The average Bonchev–Trinajstić information content (AvgIpc) is 3.01. The minimum absolute atomic E-state index is 0.0122. The molecule has 0 aliphatic heterocycles. The van der Waals surface area contributed by atoms with E-state index in [1.54, 1.807) is 18.2 Å². The molecule has 132 valence electrons. The topological polar surface area (TPSA) is 64.1 Å². The summed E-state index contributed by atoms with van der Waals surface area (Å²) in [6.45, 7) is 0. The van der Waals surface area contributed by atoms with Gasteiger partial charge < -0.3 is 9.72 Å². The van der Waals surface area contributed by atoms with Crippen molar-refractivity contribution in [3.05, 3.63) is 62.2 Å². The van der Waals surface area contributed by atoms with Crippen LogP contribution in [0, 0.1) is 5.82 Å². The standard InChI is InChI=1S/C19H21FN2O3/c20-14-8-4-5-9-15(14)25-16-11-10-13-17(16)21-19(24)22(18(13)23)12-6-2-1-3-7-12/h4-5,8-9,12,16H,1-3,6-7,10-11H2,(H,21,24). The molecule has 25 heavy (non-hydrogen) atoms. The smallest absolute Gasteiger partial charge is 0.328 e. The number of halogens is 1. The molecule has 0 saturated heterocycles. The molecule has 0 spiro atoms. The van der Waals surface area contributed by atoms with Crippen LogP contribution in [0.2, 0.25) is 0 Å². The Morgan fingerprint density at radius 2 is 1.84 bits per heavy atom. The van der Waals surface area contributed by atoms with Crippen LogP contribution in [0.4, 0.5) is 4.39 Å². The summed E-state index contributed by atoms with van der Waals surface area (Å²) in [5, 5.41) is 0. The van der Waals surface area contributed by atoms with Gasteiger partial charge in [0.2, 0.25) is 0 Å². The van der Waals surface area contributed by atoms with E-state index < -0.39 is 11.9 Å². The number of hydrogen-bond acceptors (Lipinski definition) is 3. The highest BCUT2D eigenvalue weighted by Gasteiger charge is 2.31. The highest BCUT2D eigenvalue weighted by Crippen LogP contribution is 2.33. The number of benzene rings is 1. The van der Waals surface area contributed by atoms with Crippen LogP contribution in [0.5, 0.6) is 5.75 Å². The first-order valence-electron chi connectivity index (χ1n) is 8.94. The Labute approximate surface area is 144 Å². The summed E-state index contributed by atoms with van der Waals surface area (Å²) in [5.74, 6) is -0.313. The normalized spacial score (nSPS) is 20.4. The molecule has 6 heteroatoms. The number of nitrogens with one attached hydrogen (secondary N) is 1. The van der Waals surface area contributed by atoms with Gasteiger partial charge in [0.25, 0.3) is 5.56 Å². The number of ether oxygens (including phenoxy) is 1. The summed E-state index contributed by atoms with van der Waals surface area (Å²) in [6.07, 6.45) is 5.61. The highest BCUT2D eigenvalue weighted by molar-refractivity contribution is 5.29. The third-order valence-electron chi connectivity index (χ3n) is 5.29. The molecule has 1 aromatic carbocycles. The molecule has 1 heterocycles. The van der Waals surface area contributed by atoms with E-state index in [2.05, 4.69) is 4.98 Å². The average molecular weight is 344 g/mol. The SMILES string of the molecule is O=c1[nH]c2c(c(=O)n1C1CCCCC1)CCC2Oc1ccccc1F. The lowest BCUT2D eigenvalue weighted by Crippen LogP contribution is -2.41. The number of aromatic amines is 1. The van der Waals surface area contributed by atoms with E-state index in [1.807, 2.05) is 0 Å². The maximum Gasteiger partial charge on any atom is 0.328 e. The molecule has 1 atom stereocenters. The fraction of sp³-hybridized carbons (Fsp3) is 0.474. The van der Waals surface area contributed by atoms with Crippen molar-refractivity contribution >= 4 is 0 Å². The van der Waals surface area contributed by atoms with Crippen molar-refractivity contribution in [3.63, 3.8) is 0 Å². The lowest BCUT2D eigenvalue weighted by atomic mass is 9.95. The zero-order valence-electron chi connectivity index (χ0n) is 14.0. The Hall–Kier alpha value is -2.37. The van der Waals surface area contributed by atoms with Crippen LogP contribution in [-0.2, 0) is 6.42 Å². The van der Waals surface area contributed by atoms with Gasteiger partial charge in [0, 0.05) is 11.6 Å². The predicted molar refractivity (Wildman–Crippen MR) is 91.5 cm³/mol. The maximum absolute atomic E-state index is 13.8. The number of hydrogen-bond donors (Lipinski definition) is 1. The summed E-state index contributed by atoms with van der Waals surface area (Å²) >= 11 is 0. The number of nitrogens with zero attached hydrogens (tertiary/aromatic N) is 1. The van der Waals surface area contributed by atoms with E-state index in [0.29, 0.717) is 24.1 Å². The summed E-state index contributed by atoms with van der Waals surface area (Å²) in [6, 6.07) is 6.15. The van der Waals surface area contributed by atoms with Crippen molar-refractivity contribution in [2.75, 3.05) is 0 Å². The second-order valence-corrected chi connectivity index (χ2v) is 6.86. The molecule has 1 fully saturated rings. The van der Waals surface area contributed by atoms with Gasteiger partial charge in [-0.25, -0.2) is 9.18 Å². The van der Waals surface area contributed by atoms with Crippen LogP contribution >= 0.6 is 0 Å². The molecule has 2 aliphatic carbocycles. The van der Waals surface area contributed by atoms with Crippen LogP contribution in [-0.4, -0.2) is 9.55 Å². The fourth-order valence-corrected chi connectivity index (χ4v) is 4.02. The van der Waals surface area contributed by atoms with Crippen molar-refractivity contribution in [3.8, 4) is 5.75 Å². The van der Waals surface area contributed by atoms with Gasteiger partial charge in [-0.2, -0.15) is 0 Å². The Balaban J connectivity index is 1.68.